The van der Waals surface area contributed by atoms with E-state index in [2.05, 4.69) is 10.3 Å². The Labute approximate surface area is 94.9 Å². The molecule has 3 nitrogen and oxygen atoms in total. The largest absolute Gasteiger partial charge is 0.309 e. The highest BCUT2D eigenvalue weighted by molar-refractivity contribution is 6.14. The number of nitrogens with one attached hydrogen (secondary N) is 1. The van der Waals surface area contributed by atoms with Gasteiger partial charge in [-0.3, -0.25) is 4.79 Å². The molecule has 0 fully saturated rings. The van der Waals surface area contributed by atoms with Crippen molar-refractivity contribution in [2.24, 2.45) is 4.99 Å². The van der Waals surface area contributed by atoms with E-state index >= 15 is 0 Å². The van der Waals surface area contributed by atoms with Crippen LogP contribution in [0.15, 0.2) is 35.0 Å². The maximum absolute atomic E-state index is 11.5. The van der Waals surface area contributed by atoms with Gasteiger partial charge in [-0.05, 0) is 18.6 Å². The summed E-state index contributed by atoms with van der Waals surface area (Å²) in [6, 6.07) is 8.00. The Morgan fingerprint density at radius 3 is 2.56 bits per heavy atom. The highest BCUT2D eigenvalue weighted by Gasteiger charge is 2.17. The van der Waals surface area contributed by atoms with Gasteiger partial charge in [-0.1, -0.05) is 36.8 Å². The minimum Gasteiger partial charge on any atom is -0.309 e. The number of benzene rings is 1. The van der Waals surface area contributed by atoms with Crippen LogP contribution in [-0.4, -0.2) is 11.7 Å². The number of aryl methyl sites for hydroxylation is 1. The van der Waals surface area contributed by atoms with E-state index in [0.29, 0.717) is 5.70 Å². The monoisotopic (exact) mass is 214 g/mol. The summed E-state index contributed by atoms with van der Waals surface area (Å²) in [7, 11) is 0. The van der Waals surface area contributed by atoms with Crippen LogP contribution in [0.5, 0.6) is 0 Å². The fraction of sp³-hybridized carbons (Fsp3) is 0.231. The topological polar surface area (TPSA) is 41.5 Å². The van der Waals surface area contributed by atoms with Crippen LogP contribution in [0.2, 0.25) is 0 Å². The zero-order valence-electron chi connectivity index (χ0n) is 9.45. The van der Waals surface area contributed by atoms with E-state index in [1.807, 2.05) is 38.1 Å². The molecule has 0 saturated heterocycles. The molecule has 1 N–H and O–H groups in total. The number of amides is 1. The van der Waals surface area contributed by atoms with Crippen molar-refractivity contribution in [3.8, 4) is 0 Å². The highest BCUT2D eigenvalue weighted by Crippen LogP contribution is 2.13. The second kappa shape index (κ2) is 4.31. The SMILES string of the molecule is CCC1=N/C(=C/c2ccc(C)cc2)C(=O)N1. The molecule has 1 aliphatic rings. The first kappa shape index (κ1) is 10.6. The average molecular weight is 214 g/mol. The lowest BCUT2D eigenvalue weighted by molar-refractivity contribution is -0.115. The van der Waals surface area contributed by atoms with Gasteiger partial charge in [0, 0.05) is 6.42 Å². The summed E-state index contributed by atoms with van der Waals surface area (Å²) in [5.74, 6) is 0.626. The Morgan fingerprint density at radius 2 is 2.00 bits per heavy atom. The molecule has 1 aromatic rings. The number of carbonyl (C=O) groups is 1. The van der Waals surface area contributed by atoms with Gasteiger partial charge in [0.05, 0.1) is 0 Å². The molecule has 1 aromatic carbocycles. The quantitative estimate of drug-likeness (QED) is 0.754. The van der Waals surface area contributed by atoms with Crippen LogP contribution in [0.1, 0.15) is 24.5 Å². The van der Waals surface area contributed by atoms with Gasteiger partial charge in [-0.25, -0.2) is 4.99 Å². The fourth-order valence-corrected chi connectivity index (χ4v) is 1.51. The van der Waals surface area contributed by atoms with E-state index in [9.17, 15) is 4.79 Å². The van der Waals surface area contributed by atoms with Crippen molar-refractivity contribution in [3.05, 3.63) is 41.1 Å². The molecule has 82 valence electrons. The molecule has 2 rings (SSSR count). The zero-order chi connectivity index (χ0) is 11.5. The third-order valence-electron chi connectivity index (χ3n) is 2.46. The number of amidine groups is 1. The summed E-state index contributed by atoms with van der Waals surface area (Å²) < 4.78 is 0. The maximum Gasteiger partial charge on any atom is 0.275 e. The molecule has 0 bridgehead atoms. The number of aliphatic imine (C=N–C) groups is 1. The molecule has 16 heavy (non-hydrogen) atoms. The van der Waals surface area contributed by atoms with Crippen LogP contribution in [0.4, 0.5) is 0 Å². The molecule has 3 heteroatoms. The van der Waals surface area contributed by atoms with Crippen LogP contribution in [0.25, 0.3) is 6.08 Å². The van der Waals surface area contributed by atoms with Gasteiger partial charge in [0.15, 0.2) is 0 Å². The number of hydrogen-bond donors (Lipinski definition) is 1. The molecule has 1 amide bonds. The van der Waals surface area contributed by atoms with Crippen molar-refractivity contribution in [1.82, 2.24) is 5.32 Å². The minimum atomic E-state index is -0.113. The number of carbonyl (C=O) groups excluding carboxylic acids is 1. The zero-order valence-corrected chi connectivity index (χ0v) is 9.45. The van der Waals surface area contributed by atoms with Crippen molar-refractivity contribution < 1.29 is 4.79 Å². The number of hydrogen-bond acceptors (Lipinski definition) is 2. The second-order valence-electron chi connectivity index (χ2n) is 3.81. The molecule has 0 atom stereocenters. The maximum atomic E-state index is 11.5. The summed E-state index contributed by atoms with van der Waals surface area (Å²) in [6.45, 7) is 4.00. The lowest BCUT2D eigenvalue weighted by Crippen LogP contribution is -2.22. The van der Waals surface area contributed by atoms with Gasteiger partial charge in [0.1, 0.15) is 11.5 Å². The third-order valence-corrected chi connectivity index (χ3v) is 2.46. The smallest absolute Gasteiger partial charge is 0.275 e. The Bertz CT molecular complexity index is 469. The van der Waals surface area contributed by atoms with E-state index < -0.39 is 0 Å². The van der Waals surface area contributed by atoms with Crippen LogP contribution in [0, 0.1) is 6.92 Å². The molecule has 0 aromatic heterocycles. The molecular formula is C13H14N2O. The van der Waals surface area contributed by atoms with Crippen molar-refractivity contribution in [3.63, 3.8) is 0 Å². The lowest BCUT2D eigenvalue weighted by Gasteiger charge is -1.95. The standard InChI is InChI=1S/C13H14N2O/c1-3-12-14-11(13(16)15-12)8-10-6-4-9(2)5-7-10/h4-8H,3H2,1-2H3,(H,14,15,16)/b11-8+. The second-order valence-corrected chi connectivity index (χ2v) is 3.81. The number of rotatable bonds is 2. The predicted octanol–water partition coefficient (Wildman–Crippen LogP) is 2.27. The molecular weight excluding hydrogens is 200 g/mol. The molecule has 1 heterocycles. The molecule has 0 unspecified atom stereocenters. The molecule has 0 saturated carbocycles. The Hall–Kier alpha value is -1.90. The summed E-state index contributed by atoms with van der Waals surface area (Å²) in [4.78, 5) is 15.7. The first-order valence-corrected chi connectivity index (χ1v) is 5.36. The molecule has 0 aliphatic carbocycles. The predicted molar refractivity (Wildman–Crippen MR) is 65.0 cm³/mol. The van der Waals surface area contributed by atoms with Crippen LogP contribution >= 0.6 is 0 Å². The van der Waals surface area contributed by atoms with Crippen molar-refractivity contribution in [2.75, 3.05) is 0 Å². The Balaban J connectivity index is 2.28. The summed E-state index contributed by atoms with van der Waals surface area (Å²) in [5.41, 5.74) is 2.69. The Kier molecular flexibility index (Phi) is 2.86. The van der Waals surface area contributed by atoms with Gasteiger partial charge in [0.25, 0.3) is 5.91 Å². The molecule has 0 radical (unpaired) electrons. The third kappa shape index (κ3) is 2.19. The number of nitrogens with zero attached hydrogens (tertiary/aromatic N) is 1. The van der Waals surface area contributed by atoms with Crippen molar-refractivity contribution in [1.29, 1.82) is 0 Å². The normalized spacial score (nSPS) is 17.5. The van der Waals surface area contributed by atoms with Gasteiger partial charge < -0.3 is 5.32 Å². The van der Waals surface area contributed by atoms with Crippen LogP contribution in [0.3, 0.4) is 0 Å². The molecule has 1 aliphatic heterocycles. The van der Waals surface area contributed by atoms with Crippen molar-refractivity contribution in [2.45, 2.75) is 20.3 Å². The first-order chi connectivity index (χ1) is 7.69. The Morgan fingerprint density at radius 1 is 1.31 bits per heavy atom. The van der Waals surface area contributed by atoms with Crippen molar-refractivity contribution >= 4 is 17.8 Å². The van der Waals surface area contributed by atoms with E-state index in [1.54, 1.807) is 6.08 Å². The summed E-state index contributed by atoms with van der Waals surface area (Å²) in [5, 5.41) is 2.73. The fourth-order valence-electron chi connectivity index (χ4n) is 1.51. The van der Waals surface area contributed by atoms with Gasteiger partial charge in [-0.2, -0.15) is 0 Å². The van der Waals surface area contributed by atoms with Crippen LogP contribution < -0.4 is 5.32 Å². The average Bonchev–Trinajstić information content (AvgIpc) is 2.63. The highest BCUT2D eigenvalue weighted by atomic mass is 16.2. The summed E-state index contributed by atoms with van der Waals surface area (Å²) in [6.07, 6.45) is 2.55. The van der Waals surface area contributed by atoms with Gasteiger partial charge >= 0.3 is 0 Å². The minimum absolute atomic E-state index is 0.113. The summed E-state index contributed by atoms with van der Waals surface area (Å²) >= 11 is 0. The van der Waals surface area contributed by atoms with Gasteiger partial charge in [-0.15, -0.1) is 0 Å². The van der Waals surface area contributed by atoms with E-state index in [0.717, 1.165) is 17.8 Å². The van der Waals surface area contributed by atoms with Crippen LogP contribution in [-0.2, 0) is 4.79 Å². The van der Waals surface area contributed by atoms with E-state index in [4.69, 9.17) is 0 Å². The van der Waals surface area contributed by atoms with E-state index in [1.165, 1.54) is 5.56 Å². The van der Waals surface area contributed by atoms with E-state index in [-0.39, 0.29) is 5.91 Å². The van der Waals surface area contributed by atoms with Gasteiger partial charge in [0.2, 0.25) is 0 Å². The molecule has 0 spiro atoms. The lowest BCUT2D eigenvalue weighted by atomic mass is 10.1. The first-order valence-electron chi connectivity index (χ1n) is 5.36.